The first-order valence-electron chi connectivity index (χ1n) is 5.20. The van der Waals surface area contributed by atoms with Crippen molar-refractivity contribution >= 4 is 5.97 Å². The molecule has 0 N–H and O–H groups in total. The van der Waals surface area contributed by atoms with Crippen LogP contribution in [0.15, 0.2) is 0 Å². The second-order valence-corrected chi connectivity index (χ2v) is 3.54. The zero-order chi connectivity index (χ0) is 10.2. The van der Waals surface area contributed by atoms with E-state index < -0.39 is 0 Å². The Bertz CT molecular complexity index is 228. The molecule has 2 nitrogen and oxygen atoms in total. The lowest BCUT2D eigenvalue weighted by Crippen LogP contribution is -2.03. The number of methoxy groups -OCH3 is 1. The minimum Gasteiger partial charge on any atom is -0.469 e. The molecule has 2 heteroatoms. The molecule has 0 spiro atoms. The van der Waals surface area contributed by atoms with E-state index in [0.717, 1.165) is 0 Å². The molecular weight excluding hydrogens is 176 g/mol. The van der Waals surface area contributed by atoms with Crippen molar-refractivity contribution in [2.45, 2.75) is 38.5 Å². The average Bonchev–Trinajstić information content (AvgIpc) is 2.25. The molecule has 14 heavy (non-hydrogen) atoms. The first-order valence-corrected chi connectivity index (χ1v) is 5.20. The molecule has 1 aliphatic rings. The second-order valence-electron chi connectivity index (χ2n) is 3.54. The second kappa shape index (κ2) is 6.48. The van der Waals surface area contributed by atoms with Crippen LogP contribution in [-0.2, 0) is 9.53 Å². The highest BCUT2D eigenvalue weighted by Gasteiger charge is 2.09. The molecule has 0 amide bonds. The van der Waals surface area contributed by atoms with Gasteiger partial charge in [-0.1, -0.05) is 5.92 Å². The molecule has 1 rings (SSSR count). The van der Waals surface area contributed by atoms with Crippen LogP contribution in [0.25, 0.3) is 0 Å². The lowest BCUT2D eigenvalue weighted by atomic mass is 9.90. The van der Waals surface area contributed by atoms with Crippen LogP contribution < -0.4 is 0 Å². The summed E-state index contributed by atoms with van der Waals surface area (Å²) >= 11 is 0. The number of ether oxygens (including phenoxy) is 1. The summed E-state index contributed by atoms with van der Waals surface area (Å²) in [4.78, 5) is 10.8. The van der Waals surface area contributed by atoms with Gasteiger partial charge in [-0.2, -0.15) is 0 Å². The highest BCUT2D eigenvalue weighted by atomic mass is 16.5. The first-order chi connectivity index (χ1) is 6.83. The summed E-state index contributed by atoms with van der Waals surface area (Å²) in [5.41, 5.74) is 0. The SMILES string of the molecule is COC(=O)CCC#CC1CC[CH]CC1. The van der Waals surface area contributed by atoms with Gasteiger partial charge in [0.25, 0.3) is 0 Å². The molecule has 0 atom stereocenters. The predicted octanol–water partition coefficient (Wildman–Crippen LogP) is 2.34. The van der Waals surface area contributed by atoms with Gasteiger partial charge in [0.05, 0.1) is 13.5 Å². The molecule has 1 aliphatic carbocycles. The summed E-state index contributed by atoms with van der Waals surface area (Å²) < 4.78 is 4.53. The molecule has 0 bridgehead atoms. The minimum atomic E-state index is -0.170. The summed E-state index contributed by atoms with van der Waals surface area (Å²) in [6.45, 7) is 0. The van der Waals surface area contributed by atoms with E-state index >= 15 is 0 Å². The van der Waals surface area contributed by atoms with E-state index in [1.807, 2.05) is 0 Å². The monoisotopic (exact) mass is 193 g/mol. The number of carbonyl (C=O) groups excluding carboxylic acids is 1. The predicted molar refractivity (Wildman–Crippen MR) is 55.3 cm³/mol. The molecule has 77 valence electrons. The maximum absolute atomic E-state index is 10.8. The van der Waals surface area contributed by atoms with Gasteiger partial charge in [-0.3, -0.25) is 4.79 Å². The molecule has 0 saturated heterocycles. The van der Waals surface area contributed by atoms with E-state index in [-0.39, 0.29) is 5.97 Å². The highest BCUT2D eigenvalue weighted by molar-refractivity contribution is 5.69. The summed E-state index contributed by atoms with van der Waals surface area (Å²) in [7, 11) is 1.41. The number of carbonyl (C=O) groups is 1. The zero-order valence-electron chi connectivity index (χ0n) is 8.71. The lowest BCUT2D eigenvalue weighted by Gasteiger charge is -2.15. The van der Waals surface area contributed by atoms with Gasteiger partial charge < -0.3 is 4.74 Å². The van der Waals surface area contributed by atoms with Crippen LogP contribution in [-0.4, -0.2) is 13.1 Å². The maximum Gasteiger partial charge on any atom is 0.306 e. The van der Waals surface area contributed by atoms with E-state index in [1.165, 1.54) is 32.8 Å². The quantitative estimate of drug-likeness (QED) is 0.497. The summed E-state index contributed by atoms with van der Waals surface area (Å²) in [5, 5.41) is 0. The van der Waals surface area contributed by atoms with Crippen molar-refractivity contribution in [3.05, 3.63) is 6.42 Å². The van der Waals surface area contributed by atoms with Crippen molar-refractivity contribution in [1.29, 1.82) is 0 Å². The van der Waals surface area contributed by atoms with Gasteiger partial charge in [0.2, 0.25) is 0 Å². The Hall–Kier alpha value is -0.970. The fourth-order valence-corrected chi connectivity index (χ4v) is 1.55. The maximum atomic E-state index is 10.8. The molecule has 1 fully saturated rings. The number of esters is 1. The molecule has 1 saturated carbocycles. The van der Waals surface area contributed by atoms with Gasteiger partial charge >= 0.3 is 5.97 Å². The van der Waals surface area contributed by atoms with Crippen molar-refractivity contribution in [1.82, 2.24) is 0 Å². The number of hydrogen-bond acceptors (Lipinski definition) is 2. The molecule has 0 aromatic rings. The molecular formula is C12H17O2. The fourth-order valence-electron chi connectivity index (χ4n) is 1.55. The normalized spacial score (nSPS) is 16.9. The Kier molecular flexibility index (Phi) is 5.14. The van der Waals surface area contributed by atoms with Crippen LogP contribution in [0.4, 0.5) is 0 Å². The van der Waals surface area contributed by atoms with Crippen molar-refractivity contribution in [3.8, 4) is 11.8 Å². The van der Waals surface area contributed by atoms with Gasteiger partial charge in [0.15, 0.2) is 0 Å². The highest BCUT2D eigenvalue weighted by Crippen LogP contribution is 2.21. The van der Waals surface area contributed by atoms with E-state index in [1.54, 1.807) is 0 Å². The zero-order valence-corrected chi connectivity index (χ0v) is 8.71. The third-order valence-corrected chi connectivity index (χ3v) is 2.43. The van der Waals surface area contributed by atoms with Crippen molar-refractivity contribution < 1.29 is 9.53 Å². The topological polar surface area (TPSA) is 26.3 Å². The Morgan fingerprint density at radius 3 is 2.86 bits per heavy atom. The molecule has 0 unspecified atom stereocenters. The summed E-state index contributed by atoms with van der Waals surface area (Å²) in [6, 6.07) is 0. The van der Waals surface area contributed by atoms with Crippen molar-refractivity contribution in [2.75, 3.05) is 7.11 Å². The number of hydrogen-bond donors (Lipinski definition) is 0. The van der Waals surface area contributed by atoms with E-state index in [4.69, 9.17) is 0 Å². The third-order valence-electron chi connectivity index (χ3n) is 2.43. The van der Waals surface area contributed by atoms with Crippen LogP contribution in [0.5, 0.6) is 0 Å². The molecule has 0 aromatic heterocycles. The van der Waals surface area contributed by atoms with E-state index in [2.05, 4.69) is 23.0 Å². The van der Waals surface area contributed by atoms with Gasteiger partial charge in [0, 0.05) is 12.3 Å². The Morgan fingerprint density at radius 1 is 1.50 bits per heavy atom. The van der Waals surface area contributed by atoms with Crippen LogP contribution in [0.2, 0.25) is 0 Å². The fraction of sp³-hybridized carbons (Fsp3) is 0.667. The third kappa shape index (κ3) is 4.32. The van der Waals surface area contributed by atoms with Crippen LogP contribution >= 0.6 is 0 Å². The summed E-state index contributed by atoms with van der Waals surface area (Å²) in [6.07, 6.45) is 8.13. The standard InChI is InChI=1S/C12H17O2/c1-14-12(13)10-6-5-9-11-7-3-2-4-8-11/h2,11H,3-4,6-8,10H2,1H3. The van der Waals surface area contributed by atoms with Gasteiger partial charge in [-0.25, -0.2) is 0 Å². The number of rotatable bonds is 2. The summed E-state index contributed by atoms with van der Waals surface area (Å²) in [5.74, 6) is 6.66. The van der Waals surface area contributed by atoms with Crippen LogP contribution in [0.3, 0.4) is 0 Å². The molecule has 0 heterocycles. The van der Waals surface area contributed by atoms with Gasteiger partial charge in [0.1, 0.15) is 0 Å². The Balaban J connectivity index is 2.15. The molecule has 1 radical (unpaired) electrons. The first kappa shape index (κ1) is 11.1. The smallest absolute Gasteiger partial charge is 0.306 e. The van der Waals surface area contributed by atoms with E-state index in [9.17, 15) is 4.79 Å². The Labute approximate surface area is 86.0 Å². The molecule has 0 aliphatic heterocycles. The van der Waals surface area contributed by atoms with Crippen molar-refractivity contribution in [2.24, 2.45) is 5.92 Å². The van der Waals surface area contributed by atoms with E-state index in [0.29, 0.717) is 18.8 Å². The lowest BCUT2D eigenvalue weighted by molar-refractivity contribution is -0.140. The van der Waals surface area contributed by atoms with Crippen LogP contribution in [0.1, 0.15) is 38.5 Å². The van der Waals surface area contributed by atoms with Crippen molar-refractivity contribution in [3.63, 3.8) is 0 Å². The molecule has 0 aromatic carbocycles. The average molecular weight is 193 g/mol. The van der Waals surface area contributed by atoms with Gasteiger partial charge in [-0.05, 0) is 32.1 Å². The van der Waals surface area contributed by atoms with Crippen LogP contribution in [0, 0.1) is 24.2 Å². The van der Waals surface area contributed by atoms with Gasteiger partial charge in [-0.15, -0.1) is 5.92 Å². The largest absolute Gasteiger partial charge is 0.469 e. The Morgan fingerprint density at radius 2 is 2.21 bits per heavy atom. The minimum absolute atomic E-state index is 0.170.